The zero-order chi connectivity index (χ0) is 14.9. The number of anilines is 1. The van der Waals surface area contributed by atoms with Gasteiger partial charge in [-0.05, 0) is 54.7 Å². The minimum absolute atomic E-state index is 0.463. The highest BCUT2D eigenvalue weighted by Crippen LogP contribution is 2.35. The lowest BCUT2D eigenvalue weighted by molar-refractivity contribution is 0.199. The van der Waals surface area contributed by atoms with Gasteiger partial charge in [-0.2, -0.15) is 0 Å². The van der Waals surface area contributed by atoms with Crippen LogP contribution in [0.5, 0.6) is 0 Å². The number of hydrogen-bond donors (Lipinski definition) is 1. The van der Waals surface area contributed by atoms with Crippen LogP contribution in [0.25, 0.3) is 0 Å². The van der Waals surface area contributed by atoms with Crippen molar-refractivity contribution in [1.29, 1.82) is 0 Å². The van der Waals surface area contributed by atoms with E-state index >= 15 is 0 Å². The molecule has 3 rings (SSSR count). The van der Waals surface area contributed by atoms with Gasteiger partial charge in [-0.15, -0.1) is 0 Å². The zero-order valence-electron chi connectivity index (χ0n) is 13.9. The lowest BCUT2D eigenvalue weighted by Crippen LogP contribution is -2.38. The van der Waals surface area contributed by atoms with Gasteiger partial charge in [0.2, 0.25) is 0 Å². The Labute approximate surface area is 129 Å². The van der Waals surface area contributed by atoms with Gasteiger partial charge >= 0.3 is 0 Å². The summed E-state index contributed by atoms with van der Waals surface area (Å²) in [5, 5.41) is 3.58. The van der Waals surface area contributed by atoms with Crippen LogP contribution in [0.2, 0.25) is 0 Å². The lowest BCUT2D eigenvalue weighted by atomic mass is 9.75. The molecule has 1 aliphatic carbocycles. The van der Waals surface area contributed by atoms with Crippen LogP contribution in [0.1, 0.15) is 52.0 Å². The Hall–Kier alpha value is -1.02. The molecule has 1 heterocycles. The molecule has 2 nitrogen and oxygen atoms in total. The molecule has 0 unspecified atom stereocenters. The van der Waals surface area contributed by atoms with Gasteiger partial charge in [0, 0.05) is 31.4 Å². The minimum atomic E-state index is 0.463. The Balaban J connectivity index is 1.52. The number of nitrogens with zero attached hydrogens (tertiary/aromatic N) is 1. The van der Waals surface area contributed by atoms with Crippen LogP contribution in [-0.4, -0.2) is 19.1 Å². The summed E-state index contributed by atoms with van der Waals surface area (Å²) in [5.74, 6) is 0.871. The Morgan fingerprint density at radius 1 is 1.00 bits per heavy atom. The van der Waals surface area contributed by atoms with E-state index in [0.29, 0.717) is 5.41 Å². The second kappa shape index (κ2) is 6.00. The standard InChI is InChI=1S/C19H30N2/c1-19(2,3)16-10-12-21(13-11-16)18-8-4-15(5-9-18)14-20-17-6-7-17/h4-5,8-9,16-17,20H,6-7,10-14H2,1-3H3. The normalized spacial score (nSPS) is 20.8. The van der Waals surface area contributed by atoms with Crippen molar-refractivity contribution in [2.45, 2.75) is 59.0 Å². The highest BCUT2D eigenvalue weighted by Gasteiger charge is 2.28. The first-order valence-electron chi connectivity index (χ1n) is 8.59. The predicted octanol–water partition coefficient (Wildman–Crippen LogP) is 4.20. The molecular formula is C19H30N2. The summed E-state index contributed by atoms with van der Waals surface area (Å²) in [6.07, 6.45) is 5.38. The van der Waals surface area contributed by atoms with E-state index in [1.165, 1.54) is 50.0 Å². The predicted molar refractivity (Wildman–Crippen MR) is 90.7 cm³/mol. The minimum Gasteiger partial charge on any atom is -0.372 e. The fraction of sp³-hybridized carbons (Fsp3) is 0.684. The maximum atomic E-state index is 3.58. The number of rotatable bonds is 4. The average Bonchev–Trinajstić information content (AvgIpc) is 3.29. The van der Waals surface area contributed by atoms with E-state index < -0.39 is 0 Å². The molecule has 116 valence electrons. The van der Waals surface area contributed by atoms with E-state index in [1.54, 1.807) is 0 Å². The van der Waals surface area contributed by atoms with Gasteiger partial charge in [0.05, 0.1) is 0 Å². The van der Waals surface area contributed by atoms with E-state index in [0.717, 1.165) is 18.5 Å². The van der Waals surface area contributed by atoms with Crippen molar-refractivity contribution < 1.29 is 0 Å². The maximum Gasteiger partial charge on any atom is 0.0366 e. The number of hydrogen-bond acceptors (Lipinski definition) is 2. The molecule has 0 radical (unpaired) electrons. The molecule has 2 heteroatoms. The molecule has 21 heavy (non-hydrogen) atoms. The van der Waals surface area contributed by atoms with E-state index in [4.69, 9.17) is 0 Å². The van der Waals surface area contributed by atoms with Crippen molar-refractivity contribution in [2.75, 3.05) is 18.0 Å². The van der Waals surface area contributed by atoms with Crippen molar-refractivity contribution in [1.82, 2.24) is 5.32 Å². The molecule has 0 amide bonds. The maximum absolute atomic E-state index is 3.58. The van der Waals surface area contributed by atoms with Crippen LogP contribution in [-0.2, 0) is 6.54 Å². The van der Waals surface area contributed by atoms with Gasteiger partial charge in [0.1, 0.15) is 0 Å². The van der Waals surface area contributed by atoms with Gasteiger partial charge in [0.25, 0.3) is 0 Å². The Morgan fingerprint density at radius 2 is 1.62 bits per heavy atom. The van der Waals surface area contributed by atoms with Crippen molar-refractivity contribution >= 4 is 5.69 Å². The molecule has 1 aromatic carbocycles. The van der Waals surface area contributed by atoms with Gasteiger partial charge in [-0.3, -0.25) is 0 Å². The second-order valence-corrected chi connectivity index (χ2v) is 7.95. The summed E-state index contributed by atoms with van der Waals surface area (Å²) in [6.45, 7) is 10.6. The number of benzene rings is 1. The van der Waals surface area contributed by atoms with Gasteiger partial charge in [-0.1, -0.05) is 32.9 Å². The fourth-order valence-corrected chi connectivity index (χ4v) is 3.38. The number of piperidine rings is 1. The highest BCUT2D eigenvalue weighted by atomic mass is 15.1. The highest BCUT2D eigenvalue weighted by molar-refractivity contribution is 5.48. The van der Waals surface area contributed by atoms with E-state index in [1.807, 2.05) is 0 Å². The Bertz CT molecular complexity index is 445. The quantitative estimate of drug-likeness (QED) is 0.892. The Kier molecular flexibility index (Phi) is 4.26. The first-order chi connectivity index (χ1) is 10.0. The average molecular weight is 286 g/mol. The third-order valence-corrected chi connectivity index (χ3v) is 5.19. The van der Waals surface area contributed by atoms with Gasteiger partial charge < -0.3 is 10.2 Å². The largest absolute Gasteiger partial charge is 0.372 e. The molecule has 1 aliphatic heterocycles. The van der Waals surface area contributed by atoms with Crippen LogP contribution in [0.4, 0.5) is 5.69 Å². The van der Waals surface area contributed by atoms with Crippen LogP contribution >= 0.6 is 0 Å². The molecular weight excluding hydrogens is 256 g/mol. The summed E-state index contributed by atoms with van der Waals surface area (Å²) in [5.41, 5.74) is 3.28. The number of nitrogens with one attached hydrogen (secondary N) is 1. The third kappa shape index (κ3) is 4.00. The molecule has 1 saturated carbocycles. The SMILES string of the molecule is CC(C)(C)C1CCN(c2ccc(CNC3CC3)cc2)CC1. The molecule has 1 N–H and O–H groups in total. The van der Waals surface area contributed by atoms with Crippen LogP contribution in [0, 0.1) is 11.3 Å². The summed E-state index contributed by atoms with van der Waals surface area (Å²) < 4.78 is 0. The second-order valence-electron chi connectivity index (χ2n) is 7.95. The molecule has 0 atom stereocenters. The van der Waals surface area contributed by atoms with Gasteiger partial charge in [0.15, 0.2) is 0 Å². The molecule has 1 aromatic rings. The topological polar surface area (TPSA) is 15.3 Å². The fourth-order valence-electron chi connectivity index (χ4n) is 3.38. The smallest absolute Gasteiger partial charge is 0.0366 e. The van der Waals surface area contributed by atoms with Crippen LogP contribution in [0.3, 0.4) is 0 Å². The van der Waals surface area contributed by atoms with Gasteiger partial charge in [-0.25, -0.2) is 0 Å². The summed E-state index contributed by atoms with van der Waals surface area (Å²) in [6, 6.07) is 9.99. The Morgan fingerprint density at radius 3 is 2.14 bits per heavy atom. The molecule has 2 fully saturated rings. The first-order valence-corrected chi connectivity index (χ1v) is 8.59. The zero-order valence-corrected chi connectivity index (χ0v) is 13.9. The van der Waals surface area contributed by atoms with Crippen LogP contribution < -0.4 is 10.2 Å². The summed E-state index contributed by atoms with van der Waals surface area (Å²) in [4.78, 5) is 2.56. The van der Waals surface area contributed by atoms with Crippen molar-refractivity contribution in [3.8, 4) is 0 Å². The monoisotopic (exact) mass is 286 g/mol. The lowest BCUT2D eigenvalue weighted by Gasteiger charge is -2.39. The van der Waals surface area contributed by atoms with E-state index in [9.17, 15) is 0 Å². The molecule has 2 aliphatic rings. The van der Waals surface area contributed by atoms with E-state index in [2.05, 4.69) is 55.3 Å². The summed E-state index contributed by atoms with van der Waals surface area (Å²) >= 11 is 0. The third-order valence-electron chi connectivity index (χ3n) is 5.19. The van der Waals surface area contributed by atoms with Crippen molar-refractivity contribution in [3.05, 3.63) is 29.8 Å². The first kappa shape index (κ1) is 14.9. The molecule has 0 spiro atoms. The molecule has 0 aromatic heterocycles. The van der Waals surface area contributed by atoms with Crippen molar-refractivity contribution in [3.63, 3.8) is 0 Å². The molecule has 0 bridgehead atoms. The summed E-state index contributed by atoms with van der Waals surface area (Å²) in [7, 11) is 0. The van der Waals surface area contributed by atoms with E-state index in [-0.39, 0.29) is 0 Å². The molecule has 1 saturated heterocycles. The van der Waals surface area contributed by atoms with Crippen LogP contribution in [0.15, 0.2) is 24.3 Å². The van der Waals surface area contributed by atoms with Crippen molar-refractivity contribution in [2.24, 2.45) is 11.3 Å².